The summed E-state index contributed by atoms with van der Waals surface area (Å²) in [4.78, 5) is 13.5. The van der Waals surface area contributed by atoms with Crippen molar-refractivity contribution in [3.05, 3.63) is 0 Å². The lowest BCUT2D eigenvalue weighted by molar-refractivity contribution is -0.146. The Labute approximate surface area is 105 Å². The molecule has 1 aliphatic rings. The third kappa shape index (κ3) is 3.19. The third-order valence-corrected chi connectivity index (χ3v) is 4.00. The van der Waals surface area contributed by atoms with Gasteiger partial charge in [0.1, 0.15) is 0 Å². The zero-order valence-corrected chi connectivity index (χ0v) is 11.7. The van der Waals surface area contributed by atoms with Crippen LogP contribution in [0.3, 0.4) is 0 Å². The van der Waals surface area contributed by atoms with Gasteiger partial charge in [0.05, 0.1) is 6.10 Å². The molecule has 1 rings (SSSR count). The molecule has 0 aromatic rings. The largest absolute Gasteiger partial charge is 0.378 e. The van der Waals surface area contributed by atoms with Crippen LogP contribution in [0.4, 0.5) is 0 Å². The Morgan fingerprint density at radius 1 is 1.53 bits per heavy atom. The molecule has 0 saturated heterocycles. The third-order valence-electron chi connectivity index (χ3n) is 4.00. The Hall–Kier alpha value is -0.610. The van der Waals surface area contributed by atoms with Crippen molar-refractivity contribution in [2.75, 3.05) is 27.2 Å². The van der Waals surface area contributed by atoms with E-state index >= 15 is 0 Å². The van der Waals surface area contributed by atoms with E-state index in [-0.39, 0.29) is 11.3 Å². The van der Waals surface area contributed by atoms with Gasteiger partial charge in [0.2, 0.25) is 5.91 Å². The van der Waals surface area contributed by atoms with Crippen molar-refractivity contribution < 1.29 is 9.53 Å². The molecule has 0 bridgehead atoms. The molecule has 0 spiro atoms. The van der Waals surface area contributed by atoms with E-state index in [2.05, 4.69) is 31.1 Å². The summed E-state index contributed by atoms with van der Waals surface area (Å²) >= 11 is 0. The second kappa shape index (κ2) is 5.83. The SMILES string of the molecule is CCO[C@H]1C[C@@H](N(C)CCC(=O)NC)C1(C)C. The minimum Gasteiger partial charge on any atom is -0.378 e. The predicted molar refractivity (Wildman–Crippen MR) is 68.9 cm³/mol. The van der Waals surface area contributed by atoms with E-state index in [0.29, 0.717) is 18.6 Å². The van der Waals surface area contributed by atoms with Crippen LogP contribution >= 0.6 is 0 Å². The summed E-state index contributed by atoms with van der Waals surface area (Å²) in [5.74, 6) is 0.107. The highest BCUT2D eigenvalue weighted by Gasteiger charge is 2.50. The van der Waals surface area contributed by atoms with Gasteiger partial charge in [-0.3, -0.25) is 4.79 Å². The maximum atomic E-state index is 11.2. The molecule has 17 heavy (non-hydrogen) atoms. The number of hydrogen-bond acceptors (Lipinski definition) is 3. The van der Waals surface area contributed by atoms with E-state index in [1.807, 2.05) is 6.92 Å². The second-order valence-electron chi connectivity index (χ2n) is 5.42. The Bertz CT molecular complexity index is 266. The molecule has 4 heteroatoms. The quantitative estimate of drug-likeness (QED) is 0.762. The average molecular weight is 242 g/mol. The Morgan fingerprint density at radius 3 is 2.65 bits per heavy atom. The van der Waals surface area contributed by atoms with Crippen LogP contribution in [0.15, 0.2) is 0 Å². The van der Waals surface area contributed by atoms with E-state index in [9.17, 15) is 4.79 Å². The van der Waals surface area contributed by atoms with Crippen molar-refractivity contribution in [2.24, 2.45) is 5.41 Å². The highest BCUT2D eigenvalue weighted by atomic mass is 16.5. The smallest absolute Gasteiger partial charge is 0.221 e. The lowest BCUT2D eigenvalue weighted by Gasteiger charge is -2.55. The minimum atomic E-state index is 0.107. The molecular weight excluding hydrogens is 216 g/mol. The van der Waals surface area contributed by atoms with Gasteiger partial charge in [0.25, 0.3) is 0 Å². The van der Waals surface area contributed by atoms with Crippen LogP contribution in [0.2, 0.25) is 0 Å². The van der Waals surface area contributed by atoms with E-state index in [1.54, 1.807) is 7.05 Å². The Morgan fingerprint density at radius 2 is 2.18 bits per heavy atom. The monoisotopic (exact) mass is 242 g/mol. The van der Waals surface area contributed by atoms with Gasteiger partial charge in [-0.05, 0) is 20.4 Å². The number of carbonyl (C=O) groups excluding carboxylic acids is 1. The predicted octanol–water partition coefficient (Wildman–Crippen LogP) is 1.26. The van der Waals surface area contributed by atoms with Crippen LogP contribution in [0.25, 0.3) is 0 Å². The molecule has 1 aliphatic carbocycles. The number of amides is 1. The topological polar surface area (TPSA) is 41.6 Å². The Balaban J connectivity index is 2.39. The highest BCUT2D eigenvalue weighted by Crippen LogP contribution is 2.45. The molecule has 100 valence electrons. The normalized spacial score (nSPS) is 26.7. The molecule has 2 atom stereocenters. The molecule has 0 heterocycles. The van der Waals surface area contributed by atoms with Crippen molar-refractivity contribution >= 4 is 5.91 Å². The highest BCUT2D eigenvalue weighted by molar-refractivity contribution is 5.75. The van der Waals surface area contributed by atoms with Crippen molar-refractivity contribution in [3.63, 3.8) is 0 Å². The van der Waals surface area contributed by atoms with Gasteiger partial charge in [-0.25, -0.2) is 0 Å². The first-order valence-electron chi connectivity index (χ1n) is 6.45. The second-order valence-corrected chi connectivity index (χ2v) is 5.42. The van der Waals surface area contributed by atoms with Crippen LogP contribution in [0.1, 0.15) is 33.6 Å². The fourth-order valence-corrected chi connectivity index (χ4v) is 2.66. The molecule has 0 aliphatic heterocycles. The summed E-state index contributed by atoms with van der Waals surface area (Å²) in [5, 5.41) is 2.65. The summed E-state index contributed by atoms with van der Waals surface area (Å²) in [7, 11) is 3.78. The number of nitrogens with one attached hydrogen (secondary N) is 1. The molecule has 4 nitrogen and oxygen atoms in total. The lowest BCUT2D eigenvalue weighted by atomic mass is 9.64. The molecule has 0 radical (unpaired) electrons. The summed E-state index contributed by atoms with van der Waals surface area (Å²) in [6.07, 6.45) is 2.00. The van der Waals surface area contributed by atoms with Gasteiger partial charge in [-0.15, -0.1) is 0 Å². The summed E-state index contributed by atoms with van der Waals surface area (Å²) < 4.78 is 5.71. The number of rotatable bonds is 6. The van der Waals surface area contributed by atoms with E-state index < -0.39 is 0 Å². The van der Waals surface area contributed by atoms with Crippen LogP contribution in [0, 0.1) is 5.41 Å². The average Bonchev–Trinajstić information content (AvgIpc) is 2.30. The Kier molecular flexibility index (Phi) is 4.95. The molecule has 0 aromatic heterocycles. The lowest BCUT2D eigenvalue weighted by Crippen LogP contribution is -2.61. The first kappa shape index (κ1) is 14.5. The van der Waals surface area contributed by atoms with E-state index in [1.165, 1.54) is 0 Å². The maximum absolute atomic E-state index is 11.2. The van der Waals surface area contributed by atoms with Crippen molar-refractivity contribution in [2.45, 2.75) is 45.8 Å². The molecule has 1 amide bonds. The van der Waals surface area contributed by atoms with Crippen molar-refractivity contribution in [3.8, 4) is 0 Å². The molecular formula is C13H26N2O2. The van der Waals surface area contributed by atoms with E-state index in [4.69, 9.17) is 4.74 Å². The minimum absolute atomic E-state index is 0.107. The van der Waals surface area contributed by atoms with Gasteiger partial charge in [-0.2, -0.15) is 0 Å². The van der Waals surface area contributed by atoms with Crippen LogP contribution in [-0.2, 0) is 9.53 Å². The summed E-state index contributed by atoms with van der Waals surface area (Å²) in [6.45, 7) is 8.13. The standard InChI is InChI=1S/C13H26N2O2/c1-6-17-11-9-10(13(11,2)3)15(5)8-7-12(16)14-4/h10-11H,6-9H2,1-5H3,(H,14,16)/t10-,11+/m1/s1. The fraction of sp³-hybridized carbons (Fsp3) is 0.923. The van der Waals surface area contributed by atoms with Crippen LogP contribution < -0.4 is 5.32 Å². The van der Waals surface area contributed by atoms with Gasteiger partial charge in [-0.1, -0.05) is 13.8 Å². The number of ether oxygens (including phenoxy) is 1. The summed E-state index contributed by atoms with van der Waals surface area (Å²) in [5.41, 5.74) is 0.188. The molecule has 1 fully saturated rings. The van der Waals surface area contributed by atoms with Crippen LogP contribution in [-0.4, -0.2) is 50.2 Å². The number of nitrogens with zero attached hydrogens (tertiary/aromatic N) is 1. The van der Waals surface area contributed by atoms with Gasteiger partial charge in [0, 0.05) is 38.1 Å². The van der Waals surface area contributed by atoms with Crippen molar-refractivity contribution in [1.82, 2.24) is 10.2 Å². The van der Waals surface area contributed by atoms with Crippen LogP contribution in [0.5, 0.6) is 0 Å². The zero-order valence-electron chi connectivity index (χ0n) is 11.7. The fourth-order valence-electron chi connectivity index (χ4n) is 2.66. The molecule has 1 saturated carbocycles. The number of hydrogen-bond donors (Lipinski definition) is 1. The zero-order chi connectivity index (χ0) is 13.1. The van der Waals surface area contributed by atoms with Gasteiger partial charge < -0.3 is 15.0 Å². The molecule has 1 N–H and O–H groups in total. The number of carbonyl (C=O) groups is 1. The maximum Gasteiger partial charge on any atom is 0.221 e. The molecule has 0 unspecified atom stereocenters. The summed E-state index contributed by atoms with van der Waals surface area (Å²) in [6, 6.07) is 0.517. The first-order chi connectivity index (χ1) is 7.93. The van der Waals surface area contributed by atoms with Crippen molar-refractivity contribution in [1.29, 1.82) is 0 Å². The van der Waals surface area contributed by atoms with Gasteiger partial charge in [0.15, 0.2) is 0 Å². The first-order valence-corrected chi connectivity index (χ1v) is 6.45. The van der Waals surface area contributed by atoms with E-state index in [0.717, 1.165) is 19.6 Å². The van der Waals surface area contributed by atoms with Gasteiger partial charge >= 0.3 is 0 Å². The molecule has 0 aromatic carbocycles.